The molecule has 0 radical (unpaired) electrons. The van der Waals surface area contributed by atoms with E-state index in [9.17, 15) is 13.6 Å². The summed E-state index contributed by atoms with van der Waals surface area (Å²) >= 11 is 6.32. The number of benzene rings is 1. The fourth-order valence-corrected chi connectivity index (χ4v) is 1.72. The van der Waals surface area contributed by atoms with Gasteiger partial charge in [0.2, 0.25) is 0 Å². The Morgan fingerprint density at radius 2 is 1.94 bits per heavy atom. The number of rotatable bonds is 4. The molecule has 7 heteroatoms. The van der Waals surface area contributed by atoms with Gasteiger partial charge in [-0.25, -0.2) is 4.79 Å². The second kappa shape index (κ2) is 6.11. The highest BCUT2D eigenvalue weighted by Crippen LogP contribution is 2.32. The normalized spacial score (nSPS) is 11.1. The molecular weight excluding hydrogens is 366 g/mol. The van der Waals surface area contributed by atoms with E-state index in [1.165, 1.54) is 18.2 Å². The van der Waals surface area contributed by atoms with Crippen LogP contribution in [-0.2, 0) is 4.79 Å². The fourth-order valence-electron chi connectivity index (χ4n) is 1.03. The van der Waals surface area contributed by atoms with Gasteiger partial charge < -0.3 is 9.84 Å². The largest absolute Gasteiger partial charge is 0.478 e. The first-order valence-electron chi connectivity index (χ1n) is 4.25. The van der Waals surface area contributed by atoms with Gasteiger partial charge >= 0.3 is 12.6 Å². The van der Waals surface area contributed by atoms with Crippen LogP contribution in [0.2, 0.25) is 0 Å². The molecule has 17 heavy (non-hydrogen) atoms. The van der Waals surface area contributed by atoms with E-state index < -0.39 is 12.6 Å². The molecule has 0 bridgehead atoms. The molecule has 1 aromatic carbocycles. The maximum Gasteiger partial charge on any atom is 0.387 e. The number of alkyl halides is 2. The second-order valence-electron chi connectivity index (χ2n) is 2.85. The van der Waals surface area contributed by atoms with E-state index in [0.717, 1.165) is 6.08 Å². The number of carboxylic acids is 1. The van der Waals surface area contributed by atoms with Crippen molar-refractivity contribution in [1.82, 2.24) is 0 Å². The Balaban J connectivity index is 3.15. The first kappa shape index (κ1) is 14.1. The molecule has 1 N–H and O–H groups in total. The van der Waals surface area contributed by atoms with Gasteiger partial charge in [-0.15, -0.1) is 0 Å². The van der Waals surface area contributed by atoms with E-state index in [-0.39, 0.29) is 11.3 Å². The molecule has 0 aliphatic carbocycles. The van der Waals surface area contributed by atoms with Crippen molar-refractivity contribution in [1.29, 1.82) is 0 Å². The number of aliphatic carboxylic acids is 1. The number of hydrogen-bond donors (Lipinski definition) is 1. The summed E-state index contributed by atoms with van der Waals surface area (Å²) in [6, 6.07) is 2.80. The van der Waals surface area contributed by atoms with Crippen LogP contribution in [0.3, 0.4) is 0 Å². The number of carboxylic acid groups (broad SMARTS) is 1. The predicted octanol–water partition coefficient (Wildman–Crippen LogP) is 3.91. The third kappa shape index (κ3) is 4.43. The minimum Gasteiger partial charge on any atom is -0.478 e. The maximum atomic E-state index is 12.1. The second-order valence-corrected chi connectivity index (χ2v) is 4.56. The molecule has 0 heterocycles. The summed E-state index contributed by atoms with van der Waals surface area (Å²) in [6.07, 6.45) is 2.02. The first-order chi connectivity index (χ1) is 7.90. The van der Waals surface area contributed by atoms with Crippen LogP contribution in [0.25, 0.3) is 6.08 Å². The Labute approximate surface area is 112 Å². The van der Waals surface area contributed by atoms with Crippen LogP contribution in [0.1, 0.15) is 5.56 Å². The van der Waals surface area contributed by atoms with Gasteiger partial charge in [0.05, 0.1) is 0 Å². The van der Waals surface area contributed by atoms with Gasteiger partial charge in [0, 0.05) is 20.6 Å². The van der Waals surface area contributed by atoms with Crippen LogP contribution in [0.15, 0.2) is 27.2 Å². The van der Waals surface area contributed by atoms with Crippen molar-refractivity contribution in [2.45, 2.75) is 6.61 Å². The van der Waals surface area contributed by atoms with Gasteiger partial charge in [-0.2, -0.15) is 8.78 Å². The third-order valence-electron chi connectivity index (χ3n) is 1.67. The zero-order valence-electron chi connectivity index (χ0n) is 8.16. The molecule has 0 aliphatic heterocycles. The van der Waals surface area contributed by atoms with Crippen molar-refractivity contribution in [2.24, 2.45) is 0 Å². The average molecular weight is 372 g/mol. The number of hydrogen-bond acceptors (Lipinski definition) is 2. The lowest BCUT2D eigenvalue weighted by atomic mass is 10.2. The van der Waals surface area contributed by atoms with Gasteiger partial charge in [0.15, 0.2) is 0 Å². The Morgan fingerprint density at radius 3 is 2.47 bits per heavy atom. The van der Waals surface area contributed by atoms with Crippen molar-refractivity contribution < 1.29 is 23.4 Å². The smallest absolute Gasteiger partial charge is 0.387 e. The summed E-state index contributed by atoms with van der Waals surface area (Å²) in [5, 5.41) is 8.47. The summed E-state index contributed by atoms with van der Waals surface area (Å²) < 4.78 is 29.7. The molecule has 0 aromatic heterocycles. The third-order valence-corrected chi connectivity index (χ3v) is 3.52. The lowest BCUT2D eigenvalue weighted by Gasteiger charge is -2.09. The van der Waals surface area contributed by atoms with E-state index in [4.69, 9.17) is 5.11 Å². The monoisotopic (exact) mass is 370 g/mol. The average Bonchev–Trinajstić information content (AvgIpc) is 2.20. The first-order valence-corrected chi connectivity index (χ1v) is 5.83. The van der Waals surface area contributed by atoms with Crippen LogP contribution in [-0.4, -0.2) is 17.7 Å². The standard InChI is InChI=1S/C10H6Br2F2O3/c11-6-3-5(1-2-9(15)16)8(4-7(6)12)17-10(13)14/h1-4,10H,(H,15,16)/b2-1+. The topological polar surface area (TPSA) is 46.5 Å². The summed E-state index contributed by atoms with van der Waals surface area (Å²) in [5.74, 6) is -1.28. The van der Waals surface area contributed by atoms with Gasteiger partial charge in [0.1, 0.15) is 5.75 Å². The Hall–Kier alpha value is -0.950. The van der Waals surface area contributed by atoms with Gasteiger partial charge in [0.25, 0.3) is 0 Å². The molecule has 0 atom stereocenters. The molecule has 92 valence electrons. The molecule has 0 amide bonds. The highest BCUT2D eigenvalue weighted by molar-refractivity contribution is 9.13. The van der Waals surface area contributed by atoms with E-state index in [1.54, 1.807) is 0 Å². The molecular formula is C10H6Br2F2O3. The summed E-state index contributed by atoms with van der Waals surface area (Å²) in [7, 11) is 0. The zero-order valence-corrected chi connectivity index (χ0v) is 11.3. The Bertz CT molecular complexity index is 461. The molecule has 0 aliphatic rings. The van der Waals surface area contributed by atoms with Crippen molar-refractivity contribution >= 4 is 43.9 Å². The van der Waals surface area contributed by atoms with Gasteiger partial charge in [-0.3, -0.25) is 0 Å². The lowest BCUT2D eigenvalue weighted by Crippen LogP contribution is -2.03. The van der Waals surface area contributed by atoms with E-state index in [2.05, 4.69) is 36.6 Å². The molecule has 1 aromatic rings. The number of ether oxygens (including phenoxy) is 1. The van der Waals surface area contributed by atoms with Crippen LogP contribution < -0.4 is 4.74 Å². The van der Waals surface area contributed by atoms with Gasteiger partial charge in [-0.05, 0) is 50.1 Å². The van der Waals surface area contributed by atoms with Crippen LogP contribution >= 0.6 is 31.9 Å². The summed E-state index contributed by atoms with van der Waals surface area (Å²) in [6.45, 7) is -2.97. The Morgan fingerprint density at radius 1 is 1.35 bits per heavy atom. The molecule has 0 unspecified atom stereocenters. The quantitative estimate of drug-likeness (QED) is 0.816. The molecule has 0 fully saturated rings. The SMILES string of the molecule is O=C(O)/C=C/c1cc(Br)c(Br)cc1OC(F)F. The highest BCUT2D eigenvalue weighted by Gasteiger charge is 2.11. The summed E-state index contributed by atoms with van der Waals surface area (Å²) in [5.41, 5.74) is 0.239. The van der Waals surface area contributed by atoms with Crippen molar-refractivity contribution in [3.8, 4) is 5.75 Å². The van der Waals surface area contributed by atoms with E-state index in [0.29, 0.717) is 8.95 Å². The van der Waals surface area contributed by atoms with E-state index >= 15 is 0 Å². The summed E-state index contributed by atoms with van der Waals surface area (Å²) in [4.78, 5) is 10.4. The molecule has 3 nitrogen and oxygen atoms in total. The molecule has 0 saturated carbocycles. The molecule has 1 rings (SSSR count). The number of halogens is 4. The predicted molar refractivity (Wildman–Crippen MR) is 65.1 cm³/mol. The fraction of sp³-hybridized carbons (Fsp3) is 0.100. The Kier molecular flexibility index (Phi) is 5.07. The molecule has 0 spiro atoms. The lowest BCUT2D eigenvalue weighted by molar-refractivity contribution is -0.131. The highest BCUT2D eigenvalue weighted by atomic mass is 79.9. The van der Waals surface area contributed by atoms with Crippen molar-refractivity contribution in [3.05, 3.63) is 32.7 Å². The van der Waals surface area contributed by atoms with Crippen molar-refractivity contribution in [3.63, 3.8) is 0 Å². The minimum absolute atomic E-state index is 0.104. The zero-order chi connectivity index (χ0) is 13.0. The van der Waals surface area contributed by atoms with Crippen LogP contribution in [0.5, 0.6) is 5.75 Å². The maximum absolute atomic E-state index is 12.1. The van der Waals surface area contributed by atoms with Gasteiger partial charge in [-0.1, -0.05) is 0 Å². The van der Waals surface area contributed by atoms with Crippen LogP contribution in [0, 0.1) is 0 Å². The molecule has 0 saturated heterocycles. The minimum atomic E-state index is -2.97. The number of carbonyl (C=O) groups is 1. The van der Waals surface area contributed by atoms with Crippen molar-refractivity contribution in [2.75, 3.05) is 0 Å². The van der Waals surface area contributed by atoms with Crippen LogP contribution in [0.4, 0.5) is 8.78 Å². The van der Waals surface area contributed by atoms with E-state index in [1.807, 2.05) is 0 Å².